The molecule has 0 spiro atoms. The number of carbonyl (C=O) groups excluding carboxylic acids is 1. The highest BCUT2D eigenvalue weighted by atomic mass is 16.4. The topological polar surface area (TPSA) is 94.9 Å². The fourth-order valence-corrected chi connectivity index (χ4v) is 1.61. The van der Waals surface area contributed by atoms with Crippen LogP contribution in [-0.2, 0) is 20.8 Å². The molecule has 0 aliphatic rings. The predicted molar refractivity (Wildman–Crippen MR) is 66.6 cm³/mol. The highest BCUT2D eigenvalue weighted by Crippen LogP contribution is 2.05. The van der Waals surface area contributed by atoms with Gasteiger partial charge in [0.1, 0.15) is 13.1 Å². The Hall–Kier alpha value is -2.37. The van der Waals surface area contributed by atoms with Crippen LogP contribution in [0.25, 0.3) is 0 Å². The van der Waals surface area contributed by atoms with Crippen molar-refractivity contribution < 1.29 is 24.6 Å². The third kappa shape index (κ3) is 5.67. The Morgan fingerprint density at radius 3 is 1.95 bits per heavy atom. The van der Waals surface area contributed by atoms with E-state index in [1.165, 1.54) is 0 Å². The number of carboxylic acids is 2. The van der Waals surface area contributed by atoms with Gasteiger partial charge in [0.15, 0.2) is 0 Å². The maximum absolute atomic E-state index is 11.8. The number of carboxylic acid groups (broad SMARTS) is 2. The molecule has 0 unspecified atom stereocenters. The lowest BCUT2D eigenvalue weighted by Crippen LogP contribution is -2.39. The Balaban J connectivity index is 2.56. The molecular weight excluding hydrogens is 250 g/mol. The number of nitrogens with zero attached hydrogens (tertiary/aromatic N) is 1. The number of hydrogen-bond donors (Lipinski definition) is 2. The summed E-state index contributed by atoms with van der Waals surface area (Å²) in [5, 5.41) is 17.3. The molecule has 0 radical (unpaired) electrons. The van der Waals surface area contributed by atoms with E-state index in [0.717, 1.165) is 10.5 Å². The maximum atomic E-state index is 11.8. The molecule has 2 N–H and O–H groups in total. The van der Waals surface area contributed by atoms with Crippen molar-refractivity contribution in [2.45, 2.75) is 12.8 Å². The van der Waals surface area contributed by atoms with Crippen molar-refractivity contribution in [1.82, 2.24) is 4.90 Å². The van der Waals surface area contributed by atoms with Crippen LogP contribution in [0.2, 0.25) is 0 Å². The molecule has 6 heteroatoms. The lowest BCUT2D eigenvalue weighted by molar-refractivity contribution is -0.149. The number of amides is 1. The number of hydrogen-bond acceptors (Lipinski definition) is 3. The molecule has 0 aliphatic heterocycles. The van der Waals surface area contributed by atoms with E-state index in [9.17, 15) is 14.4 Å². The van der Waals surface area contributed by atoms with Crippen LogP contribution in [0.3, 0.4) is 0 Å². The van der Waals surface area contributed by atoms with Crippen molar-refractivity contribution in [3.8, 4) is 0 Å². The molecule has 0 saturated carbocycles. The van der Waals surface area contributed by atoms with Crippen LogP contribution in [0.15, 0.2) is 30.3 Å². The second kappa shape index (κ2) is 7.15. The van der Waals surface area contributed by atoms with E-state index in [-0.39, 0.29) is 6.42 Å². The van der Waals surface area contributed by atoms with Gasteiger partial charge in [-0.25, -0.2) is 0 Å². The Kier molecular flexibility index (Phi) is 5.53. The first-order valence-corrected chi connectivity index (χ1v) is 5.74. The van der Waals surface area contributed by atoms with E-state index in [1.54, 1.807) is 0 Å². The molecule has 19 heavy (non-hydrogen) atoms. The molecular formula is C13H15NO5. The largest absolute Gasteiger partial charge is 0.480 e. The average Bonchev–Trinajstić information content (AvgIpc) is 2.35. The second-order valence-corrected chi connectivity index (χ2v) is 4.02. The van der Waals surface area contributed by atoms with Gasteiger partial charge in [0, 0.05) is 6.42 Å². The van der Waals surface area contributed by atoms with E-state index in [4.69, 9.17) is 10.2 Å². The van der Waals surface area contributed by atoms with Gasteiger partial charge < -0.3 is 15.1 Å². The summed E-state index contributed by atoms with van der Waals surface area (Å²) in [6.07, 6.45) is 0.542. The molecule has 0 aromatic heterocycles. The van der Waals surface area contributed by atoms with E-state index in [2.05, 4.69) is 0 Å². The smallest absolute Gasteiger partial charge is 0.323 e. The van der Waals surface area contributed by atoms with Crippen LogP contribution in [-0.4, -0.2) is 46.0 Å². The van der Waals surface area contributed by atoms with Crippen LogP contribution >= 0.6 is 0 Å². The molecule has 1 aromatic carbocycles. The maximum Gasteiger partial charge on any atom is 0.323 e. The van der Waals surface area contributed by atoms with E-state index < -0.39 is 30.9 Å². The van der Waals surface area contributed by atoms with E-state index >= 15 is 0 Å². The molecule has 1 rings (SSSR count). The summed E-state index contributed by atoms with van der Waals surface area (Å²) < 4.78 is 0. The molecule has 1 aromatic rings. The van der Waals surface area contributed by atoms with E-state index in [1.807, 2.05) is 30.3 Å². The van der Waals surface area contributed by atoms with Crippen LogP contribution < -0.4 is 0 Å². The van der Waals surface area contributed by atoms with Crippen molar-refractivity contribution in [1.29, 1.82) is 0 Å². The van der Waals surface area contributed by atoms with Crippen LogP contribution in [0.5, 0.6) is 0 Å². The number of benzene rings is 1. The van der Waals surface area contributed by atoms with Gasteiger partial charge >= 0.3 is 11.9 Å². The zero-order chi connectivity index (χ0) is 14.3. The molecule has 0 atom stereocenters. The minimum Gasteiger partial charge on any atom is -0.480 e. The first kappa shape index (κ1) is 14.7. The number of aryl methyl sites for hydroxylation is 1. The number of rotatable bonds is 7. The average molecular weight is 265 g/mol. The predicted octanol–water partition coefficient (Wildman–Crippen LogP) is 0.617. The van der Waals surface area contributed by atoms with Crippen molar-refractivity contribution >= 4 is 17.8 Å². The van der Waals surface area contributed by atoms with E-state index in [0.29, 0.717) is 6.42 Å². The van der Waals surface area contributed by atoms with Gasteiger partial charge in [0.05, 0.1) is 0 Å². The van der Waals surface area contributed by atoms with Crippen molar-refractivity contribution in [2.75, 3.05) is 13.1 Å². The van der Waals surface area contributed by atoms with Gasteiger partial charge in [0.25, 0.3) is 0 Å². The Labute approximate surface area is 110 Å². The highest BCUT2D eigenvalue weighted by Gasteiger charge is 2.19. The normalized spacial score (nSPS) is 9.89. The van der Waals surface area contributed by atoms with Gasteiger partial charge in [-0.15, -0.1) is 0 Å². The zero-order valence-corrected chi connectivity index (χ0v) is 10.3. The lowest BCUT2D eigenvalue weighted by atomic mass is 10.1. The molecule has 0 heterocycles. The van der Waals surface area contributed by atoms with Crippen molar-refractivity contribution in [3.05, 3.63) is 35.9 Å². The summed E-state index contributed by atoms with van der Waals surface area (Å²) in [5.74, 6) is -2.93. The third-order valence-electron chi connectivity index (χ3n) is 2.48. The number of carbonyl (C=O) groups is 3. The Morgan fingerprint density at radius 1 is 0.947 bits per heavy atom. The quantitative estimate of drug-likeness (QED) is 0.753. The Morgan fingerprint density at radius 2 is 1.47 bits per heavy atom. The molecule has 0 aliphatic carbocycles. The molecule has 6 nitrogen and oxygen atoms in total. The Bertz CT molecular complexity index is 441. The third-order valence-corrected chi connectivity index (χ3v) is 2.48. The summed E-state index contributed by atoms with van der Waals surface area (Å²) in [6.45, 7) is -1.19. The fourth-order valence-electron chi connectivity index (χ4n) is 1.61. The summed E-state index contributed by atoms with van der Waals surface area (Å²) >= 11 is 0. The van der Waals surface area contributed by atoms with Crippen LogP contribution in [0, 0.1) is 0 Å². The zero-order valence-electron chi connectivity index (χ0n) is 10.3. The SMILES string of the molecule is O=C(O)CN(CC(=O)O)C(=O)CCc1ccccc1. The first-order valence-electron chi connectivity index (χ1n) is 5.74. The summed E-state index contributed by atoms with van der Waals surface area (Å²) in [4.78, 5) is 33.8. The van der Waals surface area contributed by atoms with Crippen molar-refractivity contribution in [3.63, 3.8) is 0 Å². The van der Waals surface area contributed by atoms with Crippen LogP contribution in [0.1, 0.15) is 12.0 Å². The molecule has 1 amide bonds. The minimum atomic E-state index is -1.23. The van der Waals surface area contributed by atoms with Gasteiger partial charge in [-0.05, 0) is 12.0 Å². The number of aliphatic carboxylic acids is 2. The highest BCUT2D eigenvalue weighted by molar-refractivity contribution is 5.85. The lowest BCUT2D eigenvalue weighted by Gasteiger charge is -2.18. The minimum absolute atomic E-state index is 0.0879. The molecule has 102 valence electrons. The molecule has 0 bridgehead atoms. The van der Waals surface area contributed by atoms with Crippen molar-refractivity contribution in [2.24, 2.45) is 0 Å². The summed E-state index contributed by atoms with van der Waals surface area (Å²) in [6, 6.07) is 9.24. The standard InChI is InChI=1S/C13H15NO5/c15-11(7-6-10-4-2-1-3-5-10)14(8-12(16)17)9-13(18)19/h1-5H,6-9H2,(H,16,17)(H,18,19). The van der Waals surface area contributed by atoms with Gasteiger partial charge in [0.2, 0.25) is 5.91 Å². The molecule has 0 fully saturated rings. The van der Waals surface area contributed by atoms with Gasteiger partial charge in [-0.1, -0.05) is 30.3 Å². The van der Waals surface area contributed by atoms with Gasteiger partial charge in [-0.3, -0.25) is 14.4 Å². The summed E-state index contributed by atoms with van der Waals surface area (Å²) in [5.41, 5.74) is 0.946. The second-order valence-electron chi connectivity index (χ2n) is 4.02. The monoisotopic (exact) mass is 265 g/mol. The summed E-state index contributed by atoms with van der Waals surface area (Å²) in [7, 11) is 0. The fraction of sp³-hybridized carbons (Fsp3) is 0.308. The first-order chi connectivity index (χ1) is 8.99. The van der Waals surface area contributed by atoms with Gasteiger partial charge in [-0.2, -0.15) is 0 Å². The van der Waals surface area contributed by atoms with Crippen LogP contribution in [0.4, 0.5) is 0 Å². The molecule has 0 saturated heterocycles.